The van der Waals surface area contributed by atoms with Crippen LogP contribution in [0.5, 0.6) is 0 Å². The maximum absolute atomic E-state index is 13.8. The molecule has 0 N–H and O–H groups in total. The smallest absolute Gasteiger partial charge is 0.216 e. The first-order valence-corrected chi connectivity index (χ1v) is 13.2. The lowest BCUT2D eigenvalue weighted by Gasteiger charge is -2.15. The summed E-state index contributed by atoms with van der Waals surface area (Å²) >= 11 is 0. The molecule has 3 aromatic carbocycles. The largest absolute Gasteiger partial charge is 0.475 e. The number of aromatic nitrogens is 1. The molecule has 5 rings (SSSR count). The fraction of sp³-hybridized carbons (Fsp3) is 0.312. The Labute approximate surface area is 222 Å². The number of halogens is 2. The van der Waals surface area contributed by atoms with Gasteiger partial charge in [-0.15, -0.1) is 0 Å². The van der Waals surface area contributed by atoms with E-state index in [0.717, 1.165) is 40.2 Å². The van der Waals surface area contributed by atoms with Crippen molar-refractivity contribution in [1.82, 2.24) is 4.57 Å². The average Bonchev–Trinajstić information content (AvgIpc) is 3.53. The van der Waals surface area contributed by atoms with Crippen molar-refractivity contribution in [3.8, 4) is 0 Å². The zero-order valence-corrected chi connectivity index (χ0v) is 22.0. The van der Waals surface area contributed by atoms with Crippen LogP contribution in [-0.4, -0.2) is 28.9 Å². The number of carbonyl (C=O) groups is 1. The molecular weight excluding hydrogens is 482 g/mol. The quantitative estimate of drug-likeness (QED) is 0.218. The van der Waals surface area contributed by atoms with Gasteiger partial charge in [-0.25, -0.2) is 13.8 Å². The standard InChI is InChI=1S/C32H32F2N2O2/c1-4-24-19-38-32(35-24)23-12-13-25-28(17-23)36(18-22-8-6-5-7-9-22)31(20(2)3)30(25)29(37)15-11-21-10-14-26(33)27(34)16-21/h5-10,12-14,16-17,20,24H,4,11,15,18-19H2,1-3H3/t24-/m0/s1. The van der Waals surface area contributed by atoms with Gasteiger partial charge in [0.05, 0.1) is 11.6 Å². The molecule has 196 valence electrons. The highest BCUT2D eigenvalue weighted by molar-refractivity contribution is 6.11. The van der Waals surface area contributed by atoms with Gasteiger partial charge in [0.1, 0.15) is 6.61 Å². The van der Waals surface area contributed by atoms with Gasteiger partial charge >= 0.3 is 0 Å². The Morgan fingerprint density at radius 2 is 1.82 bits per heavy atom. The number of Topliss-reactive ketones (excluding diaryl/α,β-unsaturated/α-hetero) is 1. The maximum Gasteiger partial charge on any atom is 0.216 e. The number of fused-ring (bicyclic) bond motifs is 1. The van der Waals surface area contributed by atoms with Crippen molar-refractivity contribution in [1.29, 1.82) is 0 Å². The zero-order chi connectivity index (χ0) is 26.8. The molecule has 0 saturated heterocycles. The minimum Gasteiger partial charge on any atom is -0.475 e. The second-order valence-corrected chi connectivity index (χ2v) is 10.2. The molecular formula is C32H32F2N2O2. The number of hydrogen-bond donors (Lipinski definition) is 0. The average molecular weight is 515 g/mol. The van der Waals surface area contributed by atoms with E-state index in [9.17, 15) is 13.6 Å². The van der Waals surface area contributed by atoms with Crippen molar-refractivity contribution in [2.75, 3.05) is 6.61 Å². The SMILES string of the molecule is CC[C@H]1COC(c2ccc3c(C(=O)CCc4ccc(F)c(F)c4)c(C(C)C)n(Cc4ccccc4)c3c2)=N1. The zero-order valence-electron chi connectivity index (χ0n) is 22.0. The Kier molecular flexibility index (Phi) is 7.41. The predicted molar refractivity (Wildman–Crippen MR) is 147 cm³/mol. The minimum atomic E-state index is -0.896. The van der Waals surface area contributed by atoms with Crippen LogP contribution in [0.15, 0.2) is 71.7 Å². The van der Waals surface area contributed by atoms with Crippen LogP contribution in [0.25, 0.3) is 10.9 Å². The van der Waals surface area contributed by atoms with E-state index in [1.165, 1.54) is 12.1 Å². The number of carbonyl (C=O) groups excluding carboxylic acids is 1. The molecule has 0 unspecified atom stereocenters. The van der Waals surface area contributed by atoms with Crippen LogP contribution in [-0.2, 0) is 17.7 Å². The molecule has 38 heavy (non-hydrogen) atoms. The Morgan fingerprint density at radius 1 is 1.03 bits per heavy atom. The summed E-state index contributed by atoms with van der Waals surface area (Å²) in [4.78, 5) is 18.5. The molecule has 0 radical (unpaired) electrons. The molecule has 6 heteroatoms. The van der Waals surface area contributed by atoms with Gasteiger partial charge in [0.15, 0.2) is 17.4 Å². The Hall–Kier alpha value is -3.80. The van der Waals surface area contributed by atoms with Crippen molar-refractivity contribution in [2.45, 2.75) is 58.5 Å². The molecule has 4 aromatic rings. The third-order valence-corrected chi connectivity index (χ3v) is 7.17. The van der Waals surface area contributed by atoms with E-state index in [4.69, 9.17) is 9.73 Å². The summed E-state index contributed by atoms with van der Waals surface area (Å²) in [5, 5.41) is 0.884. The van der Waals surface area contributed by atoms with Crippen LogP contribution in [0.2, 0.25) is 0 Å². The van der Waals surface area contributed by atoms with E-state index < -0.39 is 11.6 Å². The van der Waals surface area contributed by atoms with Crippen LogP contribution in [0.1, 0.15) is 72.3 Å². The van der Waals surface area contributed by atoms with Crippen molar-refractivity contribution in [3.05, 3.63) is 106 Å². The molecule has 1 aliphatic heterocycles. The van der Waals surface area contributed by atoms with Crippen LogP contribution in [0.4, 0.5) is 8.78 Å². The van der Waals surface area contributed by atoms with Gasteiger partial charge in [-0.2, -0.15) is 0 Å². The molecule has 1 atom stereocenters. The summed E-state index contributed by atoms with van der Waals surface area (Å²) in [6, 6.07) is 20.2. The maximum atomic E-state index is 13.8. The summed E-state index contributed by atoms with van der Waals surface area (Å²) in [5.74, 6) is -1.07. The molecule has 0 bridgehead atoms. The number of rotatable bonds is 9. The number of ketones is 1. The van der Waals surface area contributed by atoms with E-state index in [-0.39, 0.29) is 24.2 Å². The highest BCUT2D eigenvalue weighted by Crippen LogP contribution is 2.34. The van der Waals surface area contributed by atoms with Crippen molar-refractivity contribution < 1.29 is 18.3 Å². The van der Waals surface area contributed by atoms with Crippen LogP contribution in [0.3, 0.4) is 0 Å². The topological polar surface area (TPSA) is 43.6 Å². The number of benzene rings is 3. The summed E-state index contributed by atoms with van der Waals surface area (Å²) in [7, 11) is 0. The first-order chi connectivity index (χ1) is 18.4. The monoisotopic (exact) mass is 514 g/mol. The number of aryl methyl sites for hydroxylation is 1. The van der Waals surface area contributed by atoms with E-state index in [1.807, 2.05) is 30.3 Å². The fourth-order valence-corrected chi connectivity index (χ4v) is 5.19. The third-order valence-electron chi connectivity index (χ3n) is 7.17. The van der Waals surface area contributed by atoms with Gasteiger partial charge in [-0.1, -0.05) is 63.2 Å². The molecule has 0 saturated carbocycles. The van der Waals surface area contributed by atoms with Gasteiger partial charge in [0, 0.05) is 35.2 Å². The number of ether oxygens (including phenoxy) is 1. The molecule has 2 heterocycles. The molecule has 1 aromatic heterocycles. The Balaban J connectivity index is 1.59. The lowest BCUT2D eigenvalue weighted by atomic mass is 9.96. The molecule has 0 aliphatic carbocycles. The highest BCUT2D eigenvalue weighted by atomic mass is 19.2. The van der Waals surface area contributed by atoms with E-state index >= 15 is 0 Å². The number of hydrogen-bond acceptors (Lipinski definition) is 3. The summed E-state index contributed by atoms with van der Waals surface area (Å²) in [6.07, 6.45) is 1.45. The van der Waals surface area contributed by atoms with Gasteiger partial charge in [0.2, 0.25) is 5.90 Å². The minimum absolute atomic E-state index is 0.0106. The van der Waals surface area contributed by atoms with E-state index in [2.05, 4.69) is 43.5 Å². The molecule has 0 amide bonds. The van der Waals surface area contributed by atoms with Crippen molar-refractivity contribution in [2.24, 2.45) is 4.99 Å². The van der Waals surface area contributed by atoms with E-state index in [1.54, 1.807) is 0 Å². The Bertz CT molecular complexity index is 1510. The van der Waals surface area contributed by atoms with Crippen LogP contribution in [0, 0.1) is 11.6 Å². The molecule has 0 spiro atoms. The van der Waals surface area contributed by atoms with Gasteiger partial charge in [-0.05, 0) is 54.2 Å². The van der Waals surface area contributed by atoms with Gasteiger partial charge < -0.3 is 9.30 Å². The summed E-state index contributed by atoms with van der Waals surface area (Å²) in [5.41, 5.74) is 5.25. The third kappa shape index (κ3) is 5.13. The van der Waals surface area contributed by atoms with Gasteiger partial charge in [0.25, 0.3) is 0 Å². The first kappa shape index (κ1) is 25.8. The lowest BCUT2D eigenvalue weighted by Crippen LogP contribution is -2.11. The predicted octanol–water partition coefficient (Wildman–Crippen LogP) is 7.46. The Morgan fingerprint density at radius 3 is 2.50 bits per heavy atom. The van der Waals surface area contributed by atoms with Crippen molar-refractivity contribution in [3.63, 3.8) is 0 Å². The first-order valence-electron chi connectivity index (χ1n) is 13.2. The number of nitrogens with zero attached hydrogens (tertiary/aromatic N) is 2. The van der Waals surface area contributed by atoms with Crippen LogP contribution < -0.4 is 0 Å². The number of aliphatic imine (C=N–C) groups is 1. The highest BCUT2D eigenvalue weighted by Gasteiger charge is 2.26. The molecule has 1 aliphatic rings. The van der Waals surface area contributed by atoms with Gasteiger partial charge in [-0.3, -0.25) is 4.79 Å². The summed E-state index contributed by atoms with van der Waals surface area (Å²) in [6.45, 7) is 7.49. The second kappa shape index (κ2) is 10.9. The van der Waals surface area contributed by atoms with E-state index in [0.29, 0.717) is 36.6 Å². The lowest BCUT2D eigenvalue weighted by molar-refractivity contribution is 0.0983. The molecule has 0 fully saturated rings. The van der Waals surface area contributed by atoms with Crippen LogP contribution >= 0.6 is 0 Å². The normalized spacial score (nSPS) is 15.2. The molecule has 4 nitrogen and oxygen atoms in total. The summed E-state index contributed by atoms with van der Waals surface area (Å²) < 4.78 is 35.3. The second-order valence-electron chi connectivity index (χ2n) is 10.2. The fourth-order valence-electron chi connectivity index (χ4n) is 5.19. The van der Waals surface area contributed by atoms with Crippen molar-refractivity contribution >= 4 is 22.6 Å².